The highest BCUT2D eigenvalue weighted by Gasteiger charge is 2.35. The minimum Gasteiger partial charge on any atom is -0.112 e. The van der Waals surface area contributed by atoms with Crippen LogP contribution >= 0.6 is 0 Å². The van der Waals surface area contributed by atoms with E-state index in [2.05, 4.69) is 92.4 Å². The van der Waals surface area contributed by atoms with Gasteiger partial charge < -0.3 is 0 Å². The molecule has 0 heterocycles. The first-order valence-corrected chi connectivity index (χ1v) is 8.29. The lowest BCUT2D eigenvalue weighted by Gasteiger charge is -2.07. The van der Waals surface area contributed by atoms with Gasteiger partial charge in [-0.3, -0.25) is 0 Å². The molecule has 3 aromatic rings. The van der Waals surface area contributed by atoms with Crippen molar-refractivity contribution in [2.75, 3.05) is 0 Å². The van der Waals surface area contributed by atoms with Crippen LogP contribution in [0.25, 0.3) is 16.3 Å². The van der Waals surface area contributed by atoms with Crippen molar-refractivity contribution in [3.05, 3.63) is 95.2 Å². The van der Waals surface area contributed by atoms with E-state index in [9.17, 15) is 0 Å². The van der Waals surface area contributed by atoms with E-state index in [0.717, 1.165) is 0 Å². The van der Waals surface area contributed by atoms with Crippen molar-refractivity contribution in [1.82, 2.24) is 0 Å². The molecule has 0 N–H and O–H groups in total. The van der Waals surface area contributed by atoms with E-state index in [1.807, 2.05) is 0 Å². The quantitative estimate of drug-likeness (QED) is 0.502. The average molecular weight is 296 g/mol. The maximum absolute atomic E-state index is 3.72. The Morgan fingerprint density at radius 3 is 2.04 bits per heavy atom. The van der Waals surface area contributed by atoms with E-state index in [1.165, 1.54) is 33.0 Å². The summed E-state index contributed by atoms with van der Waals surface area (Å²) < 4.78 is 0. The Hall–Kier alpha value is -2.56. The monoisotopic (exact) mass is 296 g/mol. The van der Waals surface area contributed by atoms with Gasteiger partial charge in [0.2, 0.25) is 0 Å². The number of hydrogen-bond acceptors (Lipinski definition) is 0. The van der Waals surface area contributed by atoms with Crippen LogP contribution in [0.1, 0.15) is 25.0 Å². The smallest absolute Gasteiger partial charge is 0.0309 e. The minimum absolute atomic E-state index is 0.661. The third kappa shape index (κ3) is 2.63. The fraction of sp³-hybridized carbons (Fsp3) is 0.174. The maximum Gasteiger partial charge on any atom is 0.0309 e. The van der Waals surface area contributed by atoms with Gasteiger partial charge in [0.25, 0.3) is 0 Å². The highest BCUT2D eigenvalue weighted by atomic mass is 14.4. The van der Waals surface area contributed by atoms with E-state index in [1.54, 1.807) is 0 Å². The zero-order valence-electron chi connectivity index (χ0n) is 13.6. The second-order valence-corrected chi connectivity index (χ2v) is 6.46. The minimum atomic E-state index is 0.661. The predicted octanol–water partition coefficient (Wildman–Crippen LogP) is 6.08. The summed E-state index contributed by atoms with van der Waals surface area (Å²) in [4.78, 5) is 0. The van der Waals surface area contributed by atoms with Crippen molar-refractivity contribution in [2.24, 2.45) is 11.8 Å². The lowest BCUT2D eigenvalue weighted by atomic mass is 9.96. The molecule has 4 rings (SSSR count). The van der Waals surface area contributed by atoms with Crippen LogP contribution in [0.3, 0.4) is 0 Å². The maximum atomic E-state index is 3.72. The number of fused-ring (bicyclic) bond motifs is 1. The molecule has 1 aliphatic rings. The second kappa shape index (κ2) is 5.57. The molecule has 23 heavy (non-hydrogen) atoms. The average Bonchev–Trinajstić information content (AvgIpc) is 3.18. The normalized spacial score (nSPS) is 19.5. The topological polar surface area (TPSA) is 0 Å². The first-order valence-electron chi connectivity index (χ1n) is 8.29. The van der Waals surface area contributed by atoms with Crippen molar-refractivity contribution in [2.45, 2.75) is 13.8 Å². The van der Waals surface area contributed by atoms with Crippen LogP contribution in [-0.2, 0) is 0 Å². The molecule has 0 amide bonds. The van der Waals surface area contributed by atoms with E-state index in [0.29, 0.717) is 11.8 Å². The summed E-state index contributed by atoms with van der Waals surface area (Å²) in [6, 6.07) is 25.9. The molecule has 0 aliphatic heterocycles. The van der Waals surface area contributed by atoms with Gasteiger partial charge in [0.1, 0.15) is 0 Å². The molecule has 0 bridgehead atoms. The van der Waals surface area contributed by atoms with Crippen molar-refractivity contribution >= 4 is 16.3 Å². The lowest BCUT2D eigenvalue weighted by molar-refractivity contribution is 0.834. The zero-order chi connectivity index (χ0) is 15.8. The van der Waals surface area contributed by atoms with Gasteiger partial charge in [0.05, 0.1) is 0 Å². The fourth-order valence-electron chi connectivity index (χ4n) is 3.20. The lowest BCUT2D eigenvalue weighted by Crippen LogP contribution is -1.87. The Balaban J connectivity index is 1.93. The van der Waals surface area contributed by atoms with Crippen LogP contribution in [0.2, 0.25) is 0 Å². The fourth-order valence-corrected chi connectivity index (χ4v) is 3.20. The molecular weight excluding hydrogens is 276 g/mol. The molecule has 1 fully saturated rings. The van der Waals surface area contributed by atoms with Gasteiger partial charge >= 0.3 is 0 Å². The summed E-state index contributed by atoms with van der Waals surface area (Å²) in [5.41, 5.74) is 8.86. The summed E-state index contributed by atoms with van der Waals surface area (Å²) in [7, 11) is 0. The van der Waals surface area contributed by atoms with Gasteiger partial charge in [-0.15, -0.1) is 5.73 Å². The molecule has 0 saturated heterocycles. The largest absolute Gasteiger partial charge is 0.112 e. The molecule has 0 unspecified atom stereocenters. The van der Waals surface area contributed by atoms with Crippen LogP contribution in [0.4, 0.5) is 0 Å². The molecule has 0 radical (unpaired) electrons. The Kier molecular flexibility index (Phi) is 3.41. The zero-order valence-corrected chi connectivity index (χ0v) is 13.6. The number of benzene rings is 3. The van der Waals surface area contributed by atoms with Crippen LogP contribution in [0.15, 0.2) is 84.1 Å². The molecule has 2 atom stereocenters. The van der Waals surface area contributed by atoms with E-state index < -0.39 is 0 Å². The summed E-state index contributed by atoms with van der Waals surface area (Å²) in [5.74, 6) is 1.32. The molecule has 0 nitrogen and oxygen atoms in total. The SMILES string of the molecule is C[C@@H]1C(=C=C(c2ccccc2)c2ccc3ccccc3c2)[C@@H]1C. The highest BCUT2D eigenvalue weighted by Crippen LogP contribution is 2.44. The third-order valence-corrected chi connectivity index (χ3v) is 4.99. The summed E-state index contributed by atoms with van der Waals surface area (Å²) in [5, 5.41) is 2.56. The van der Waals surface area contributed by atoms with E-state index >= 15 is 0 Å². The van der Waals surface area contributed by atoms with Crippen LogP contribution in [0, 0.1) is 11.8 Å². The number of rotatable bonds is 2. The van der Waals surface area contributed by atoms with Gasteiger partial charge in [-0.2, -0.15) is 0 Å². The molecule has 3 aromatic carbocycles. The van der Waals surface area contributed by atoms with Crippen LogP contribution in [-0.4, -0.2) is 0 Å². The van der Waals surface area contributed by atoms with Crippen LogP contribution in [0.5, 0.6) is 0 Å². The van der Waals surface area contributed by atoms with Gasteiger partial charge in [-0.25, -0.2) is 0 Å². The molecule has 0 aromatic heterocycles. The molecule has 0 heteroatoms. The van der Waals surface area contributed by atoms with Crippen LogP contribution < -0.4 is 0 Å². The Morgan fingerprint density at radius 1 is 0.696 bits per heavy atom. The van der Waals surface area contributed by atoms with Gasteiger partial charge in [0.15, 0.2) is 0 Å². The molecule has 1 saturated carbocycles. The van der Waals surface area contributed by atoms with Crippen molar-refractivity contribution in [1.29, 1.82) is 0 Å². The van der Waals surface area contributed by atoms with Gasteiger partial charge in [0, 0.05) is 5.57 Å². The summed E-state index contributed by atoms with van der Waals surface area (Å²) in [6.07, 6.45) is 0. The highest BCUT2D eigenvalue weighted by molar-refractivity contribution is 5.89. The molecule has 1 aliphatic carbocycles. The first-order chi connectivity index (χ1) is 11.2. The predicted molar refractivity (Wildman–Crippen MR) is 98.3 cm³/mol. The Bertz CT molecular complexity index is 914. The Morgan fingerprint density at radius 2 is 1.35 bits per heavy atom. The summed E-state index contributed by atoms with van der Waals surface area (Å²) in [6.45, 7) is 4.58. The molecular formula is C23H20. The van der Waals surface area contributed by atoms with Crippen molar-refractivity contribution < 1.29 is 0 Å². The molecule has 0 spiro atoms. The third-order valence-electron chi connectivity index (χ3n) is 4.99. The van der Waals surface area contributed by atoms with E-state index in [-0.39, 0.29) is 0 Å². The standard InChI is InChI=1S/C23H20/c1-16-17(2)22(16)15-23(19-9-4-3-5-10-19)21-13-12-18-8-6-7-11-20(18)14-21/h3-14,16-17H,1-2H3/t15?,16-,17+. The first kappa shape index (κ1) is 14.1. The van der Waals surface area contributed by atoms with Gasteiger partial charge in [-0.05, 0) is 45.4 Å². The number of hydrogen-bond donors (Lipinski definition) is 0. The molecule has 112 valence electrons. The summed E-state index contributed by atoms with van der Waals surface area (Å²) >= 11 is 0. The van der Waals surface area contributed by atoms with Gasteiger partial charge in [-0.1, -0.05) is 80.6 Å². The van der Waals surface area contributed by atoms with E-state index in [4.69, 9.17) is 0 Å². The van der Waals surface area contributed by atoms with Crippen molar-refractivity contribution in [3.8, 4) is 0 Å². The second-order valence-electron chi connectivity index (χ2n) is 6.46. The Labute approximate surface area is 137 Å². The number of allylic oxidation sites excluding steroid dienone is 1. The van der Waals surface area contributed by atoms with Crippen molar-refractivity contribution in [3.63, 3.8) is 0 Å².